The molecule has 0 saturated heterocycles. The van der Waals surface area contributed by atoms with E-state index in [-0.39, 0.29) is 29.9 Å². The second-order valence-electron chi connectivity index (χ2n) is 6.13. The van der Waals surface area contributed by atoms with Crippen molar-refractivity contribution in [1.29, 1.82) is 0 Å². The first-order valence-corrected chi connectivity index (χ1v) is 7.54. The van der Waals surface area contributed by atoms with Crippen LogP contribution < -0.4 is 4.74 Å². The number of fused-ring (bicyclic) bond motifs is 1. The van der Waals surface area contributed by atoms with Crippen molar-refractivity contribution in [2.75, 3.05) is 6.61 Å². The molecular weight excluding hydrogens is 280 g/mol. The molecule has 1 aliphatic heterocycles. The second-order valence-corrected chi connectivity index (χ2v) is 6.13. The van der Waals surface area contributed by atoms with E-state index in [1.54, 1.807) is 25.1 Å². The minimum atomic E-state index is -0.343. The molecule has 0 N–H and O–H groups in total. The van der Waals surface area contributed by atoms with Crippen LogP contribution in [-0.2, 0) is 9.53 Å². The fraction of sp³-hybridized carbons (Fsp3) is 0.444. The fourth-order valence-electron chi connectivity index (χ4n) is 2.08. The van der Waals surface area contributed by atoms with E-state index in [1.165, 1.54) is 0 Å². The summed E-state index contributed by atoms with van der Waals surface area (Å²) in [7, 11) is 0. The smallest absolute Gasteiger partial charge is 0.309 e. The molecule has 0 aromatic heterocycles. The minimum Gasteiger partial charge on any atom is -0.483 e. The van der Waals surface area contributed by atoms with Crippen LogP contribution in [0, 0.1) is 5.92 Å². The maximum Gasteiger partial charge on any atom is 0.309 e. The summed E-state index contributed by atoms with van der Waals surface area (Å²) in [4.78, 5) is 23.7. The van der Waals surface area contributed by atoms with Crippen LogP contribution in [-0.4, -0.2) is 24.0 Å². The lowest BCUT2D eigenvalue weighted by atomic mass is 10.00. The molecule has 22 heavy (non-hydrogen) atoms. The minimum absolute atomic E-state index is 0.185. The lowest BCUT2D eigenvalue weighted by molar-refractivity contribution is -0.146. The van der Waals surface area contributed by atoms with Gasteiger partial charge in [0.15, 0.2) is 12.4 Å². The number of hydrogen-bond donors (Lipinski definition) is 0. The lowest BCUT2D eigenvalue weighted by Gasteiger charge is -2.27. The molecule has 1 aromatic carbocycles. The van der Waals surface area contributed by atoms with Gasteiger partial charge in [0.25, 0.3) is 0 Å². The van der Waals surface area contributed by atoms with E-state index in [0.717, 1.165) is 11.3 Å². The molecule has 0 bridgehead atoms. The summed E-state index contributed by atoms with van der Waals surface area (Å²) < 4.78 is 10.9. The topological polar surface area (TPSA) is 52.6 Å². The average molecular weight is 302 g/mol. The van der Waals surface area contributed by atoms with Crippen molar-refractivity contribution >= 4 is 17.8 Å². The number of carbonyl (C=O) groups excluding carboxylic acids is 2. The molecule has 1 atom stereocenters. The molecule has 1 heterocycles. The number of ether oxygens (including phenoxy) is 2. The Morgan fingerprint density at radius 3 is 2.73 bits per heavy atom. The Labute approximate surface area is 131 Å². The molecule has 0 spiro atoms. The van der Waals surface area contributed by atoms with E-state index in [0.29, 0.717) is 12.0 Å². The van der Waals surface area contributed by atoms with Gasteiger partial charge >= 0.3 is 5.97 Å². The first kappa shape index (κ1) is 16.3. The Kier molecular flexibility index (Phi) is 4.69. The van der Waals surface area contributed by atoms with Gasteiger partial charge in [-0.2, -0.15) is 0 Å². The molecule has 1 aliphatic rings. The summed E-state index contributed by atoms with van der Waals surface area (Å²) in [5.74, 6) is 0.0204. The van der Waals surface area contributed by atoms with Crippen LogP contribution in [0.25, 0.3) is 6.08 Å². The molecule has 118 valence electrons. The summed E-state index contributed by atoms with van der Waals surface area (Å²) in [6.07, 6.45) is 4.59. The van der Waals surface area contributed by atoms with Gasteiger partial charge in [0.2, 0.25) is 0 Å². The van der Waals surface area contributed by atoms with Crippen molar-refractivity contribution in [3.63, 3.8) is 0 Å². The number of rotatable bonds is 5. The van der Waals surface area contributed by atoms with Crippen molar-refractivity contribution in [3.05, 3.63) is 35.4 Å². The van der Waals surface area contributed by atoms with Gasteiger partial charge in [0, 0.05) is 11.1 Å². The van der Waals surface area contributed by atoms with E-state index < -0.39 is 0 Å². The quantitative estimate of drug-likeness (QED) is 0.615. The SMILES string of the molecule is CCC(C)C(=O)OCC(=O)c1ccc2c(c1)C=CC(C)(C)O2. The van der Waals surface area contributed by atoms with E-state index in [1.807, 2.05) is 32.9 Å². The Hall–Kier alpha value is -2.10. The number of Topliss-reactive ketones (excluding diaryl/α,β-unsaturated/α-hetero) is 1. The van der Waals surface area contributed by atoms with Crippen LogP contribution in [0.2, 0.25) is 0 Å². The van der Waals surface area contributed by atoms with E-state index in [9.17, 15) is 9.59 Å². The zero-order chi connectivity index (χ0) is 16.3. The Balaban J connectivity index is 2.05. The van der Waals surface area contributed by atoms with Crippen LogP contribution in [0.5, 0.6) is 5.75 Å². The standard InChI is InChI=1S/C18H22O4/c1-5-12(2)17(20)21-11-15(19)13-6-7-16-14(10-13)8-9-18(3,4)22-16/h6-10,12H,5,11H2,1-4H3. The molecular formula is C18H22O4. The van der Waals surface area contributed by atoms with Gasteiger partial charge in [0.1, 0.15) is 11.4 Å². The van der Waals surface area contributed by atoms with Gasteiger partial charge in [-0.05, 0) is 44.5 Å². The largest absolute Gasteiger partial charge is 0.483 e. The molecule has 2 rings (SSSR count). The van der Waals surface area contributed by atoms with Crippen LogP contribution in [0.3, 0.4) is 0 Å². The monoisotopic (exact) mass is 302 g/mol. The highest BCUT2D eigenvalue weighted by Crippen LogP contribution is 2.31. The van der Waals surface area contributed by atoms with Crippen LogP contribution in [0.4, 0.5) is 0 Å². The molecule has 0 saturated carbocycles. The number of carbonyl (C=O) groups is 2. The number of benzene rings is 1. The molecule has 0 amide bonds. The molecule has 0 aliphatic carbocycles. The predicted octanol–water partition coefficient (Wildman–Crippen LogP) is 3.64. The van der Waals surface area contributed by atoms with Crippen molar-refractivity contribution in [1.82, 2.24) is 0 Å². The second kappa shape index (κ2) is 6.34. The van der Waals surface area contributed by atoms with E-state index >= 15 is 0 Å². The maximum absolute atomic E-state index is 12.1. The van der Waals surface area contributed by atoms with Crippen molar-refractivity contribution in [3.8, 4) is 5.75 Å². The van der Waals surface area contributed by atoms with Gasteiger partial charge in [-0.15, -0.1) is 0 Å². The van der Waals surface area contributed by atoms with Crippen molar-refractivity contribution in [2.24, 2.45) is 5.92 Å². The van der Waals surface area contributed by atoms with Gasteiger partial charge in [-0.25, -0.2) is 0 Å². The Bertz CT molecular complexity index is 614. The first-order valence-electron chi connectivity index (χ1n) is 7.54. The lowest BCUT2D eigenvalue weighted by Crippen LogP contribution is -2.27. The summed E-state index contributed by atoms with van der Waals surface area (Å²) in [6, 6.07) is 5.25. The Morgan fingerprint density at radius 2 is 2.05 bits per heavy atom. The molecule has 4 nitrogen and oxygen atoms in total. The number of hydrogen-bond acceptors (Lipinski definition) is 4. The summed E-state index contributed by atoms with van der Waals surface area (Å²) in [6.45, 7) is 7.42. The summed E-state index contributed by atoms with van der Waals surface area (Å²) >= 11 is 0. The predicted molar refractivity (Wildman–Crippen MR) is 84.9 cm³/mol. The van der Waals surface area contributed by atoms with Gasteiger partial charge < -0.3 is 9.47 Å². The third-order valence-corrected chi connectivity index (χ3v) is 3.73. The molecule has 4 heteroatoms. The van der Waals surface area contributed by atoms with E-state index in [4.69, 9.17) is 9.47 Å². The molecule has 1 aromatic rings. The third kappa shape index (κ3) is 3.75. The number of ketones is 1. The van der Waals surface area contributed by atoms with Gasteiger partial charge in [0.05, 0.1) is 5.92 Å². The maximum atomic E-state index is 12.1. The van der Waals surface area contributed by atoms with Crippen molar-refractivity contribution in [2.45, 2.75) is 39.7 Å². The highest BCUT2D eigenvalue weighted by atomic mass is 16.5. The third-order valence-electron chi connectivity index (χ3n) is 3.73. The summed E-state index contributed by atoms with van der Waals surface area (Å²) in [5.41, 5.74) is 1.03. The molecule has 0 fully saturated rings. The van der Waals surface area contributed by atoms with Crippen LogP contribution >= 0.6 is 0 Å². The van der Waals surface area contributed by atoms with Crippen molar-refractivity contribution < 1.29 is 19.1 Å². The molecule has 1 unspecified atom stereocenters. The molecule has 0 radical (unpaired) electrons. The zero-order valence-electron chi connectivity index (χ0n) is 13.5. The Morgan fingerprint density at radius 1 is 1.32 bits per heavy atom. The summed E-state index contributed by atoms with van der Waals surface area (Å²) in [5, 5.41) is 0. The number of esters is 1. The normalized spacial score (nSPS) is 16.4. The van der Waals surface area contributed by atoms with Gasteiger partial charge in [-0.1, -0.05) is 19.9 Å². The first-order chi connectivity index (χ1) is 10.3. The average Bonchev–Trinajstić information content (AvgIpc) is 2.50. The van der Waals surface area contributed by atoms with Crippen LogP contribution in [0.1, 0.15) is 50.0 Å². The zero-order valence-corrected chi connectivity index (χ0v) is 13.5. The van der Waals surface area contributed by atoms with Gasteiger partial charge in [-0.3, -0.25) is 9.59 Å². The fourth-order valence-corrected chi connectivity index (χ4v) is 2.08. The highest BCUT2D eigenvalue weighted by Gasteiger charge is 2.22. The van der Waals surface area contributed by atoms with E-state index in [2.05, 4.69) is 0 Å². The highest BCUT2D eigenvalue weighted by molar-refractivity contribution is 5.98. The van der Waals surface area contributed by atoms with Crippen LogP contribution in [0.15, 0.2) is 24.3 Å².